The maximum absolute atomic E-state index is 12.5. The van der Waals surface area contributed by atoms with Crippen LogP contribution in [0.3, 0.4) is 0 Å². The van der Waals surface area contributed by atoms with Crippen molar-refractivity contribution in [2.75, 3.05) is 13.1 Å². The molecule has 0 saturated carbocycles. The average Bonchev–Trinajstić information content (AvgIpc) is 2.49. The van der Waals surface area contributed by atoms with E-state index in [0.29, 0.717) is 35.2 Å². The second kappa shape index (κ2) is 7.14. The highest BCUT2D eigenvalue weighted by Crippen LogP contribution is 2.27. The van der Waals surface area contributed by atoms with Gasteiger partial charge in [-0.1, -0.05) is 29.8 Å². The molecule has 0 fully saturated rings. The molecule has 21 heavy (non-hydrogen) atoms. The van der Waals surface area contributed by atoms with E-state index in [4.69, 9.17) is 16.3 Å². The smallest absolute Gasteiger partial charge is 0.257 e. The van der Waals surface area contributed by atoms with Crippen LogP contribution in [0.25, 0.3) is 0 Å². The van der Waals surface area contributed by atoms with Crippen molar-refractivity contribution in [3.8, 4) is 11.5 Å². The molecular formula is C17H18ClNO2. The number of carbonyl (C=O) groups excluding carboxylic acids is 1. The molecule has 0 heterocycles. The van der Waals surface area contributed by atoms with Gasteiger partial charge in [-0.3, -0.25) is 4.79 Å². The van der Waals surface area contributed by atoms with E-state index in [2.05, 4.69) is 0 Å². The van der Waals surface area contributed by atoms with Crippen LogP contribution in [-0.2, 0) is 0 Å². The van der Waals surface area contributed by atoms with Crippen molar-refractivity contribution in [3.05, 3.63) is 59.1 Å². The first-order chi connectivity index (χ1) is 10.2. The van der Waals surface area contributed by atoms with E-state index >= 15 is 0 Å². The Balaban J connectivity index is 2.31. The molecule has 0 saturated heterocycles. The first kappa shape index (κ1) is 15.4. The highest BCUT2D eigenvalue weighted by Gasteiger charge is 2.17. The molecule has 0 unspecified atom stereocenters. The average molecular weight is 304 g/mol. The van der Waals surface area contributed by atoms with Crippen molar-refractivity contribution < 1.29 is 9.53 Å². The van der Waals surface area contributed by atoms with Crippen molar-refractivity contribution in [1.82, 2.24) is 4.90 Å². The maximum atomic E-state index is 12.5. The molecule has 0 atom stereocenters. The van der Waals surface area contributed by atoms with Crippen LogP contribution in [0, 0.1) is 0 Å². The van der Waals surface area contributed by atoms with Crippen LogP contribution in [0.15, 0.2) is 48.5 Å². The first-order valence-electron chi connectivity index (χ1n) is 6.97. The molecule has 2 rings (SSSR count). The van der Waals surface area contributed by atoms with Gasteiger partial charge in [0.25, 0.3) is 5.91 Å². The number of amides is 1. The number of para-hydroxylation sites is 1. The number of rotatable bonds is 5. The number of nitrogens with zero attached hydrogens (tertiary/aromatic N) is 1. The summed E-state index contributed by atoms with van der Waals surface area (Å²) in [6, 6.07) is 14.4. The molecule has 0 radical (unpaired) electrons. The molecule has 0 bridgehead atoms. The molecular weight excluding hydrogens is 286 g/mol. The van der Waals surface area contributed by atoms with Crippen LogP contribution < -0.4 is 4.74 Å². The quantitative estimate of drug-likeness (QED) is 0.807. The van der Waals surface area contributed by atoms with Crippen LogP contribution in [0.2, 0.25) is 5.02 Å². The summed E-state index contributed by atoms with van der Waals surface area (Å²) in [4.78, 5) is 14.3. The number of hydrogen-bond donors (Lipinski definition) is 0. The number of ether oxygens (including phenoxy) is 1. The minimum absolute atomic E-state index is 0.0300. The lowest BCUT2D eigenvalue weighted by Gasteiger charge is -2.20. The van der Waals surface area contributed by atoms with Crippen molar-refractivity contribution in [2.45, 2.75) is 13.8 Å². The fourth-order valence-corrected chi connectivity index (χ4v) is 2.25. The largest absolute Gasteiger partial charge is 0.456 e. The normalized spacial score (nSPS) is 10.2. The molecule has 0 aliphatic rings. The van der Waals surface area contributed by atoms with E-state index in [1.54, 1.807) is 29.2 Å². The number of benzene rings is 2. The van der Waals surface area contributed by atoms with E-state index in [9.17, 15) is 4.79 Å². The number of carbonyl (C=O) groups is 1. The Morgan fingerprint density at radius 2 is 1.81 bits per heavy atom. The Labute approximate surface area is 130 Å². The summed E-state index contributed by atoms with van der Waals surface area (Å²) in [6.07, 6.45) is 0. The first-order valence-corrected chi connectivity index (χ1v) is 7.35. The summed E-state index contributed by atoms with van der Waals surface area (Å²) in [5, 5.41) is 0.597. The molecule has 4 heteroatoms. The van der Waals surface area contributed by atoms with Crippen LogP contribution in [-0.4, -0.2) is 23.9 Å². The summed E-state index contributed by atoms with van der Waals surface area (Å²) < 4.78 is 5.82. The minimum Gasteiger partial charge on any atom is -0.456 e. The molecule has 2 aromatic rings. The molecule has 0 spiro atoms. The lowest BCUT2D eigenvalue weighted by atomic mass is 10.1. The van der Waals surface area contributed by atoms with Gasteiger partial charge in [0, 0.05) is 18.1 Å². The predicted molar refractivity (Wildman–Crippen MR) is 85.2 cm³/mol. The van der Waals surface area contributed by atoms with Gasteiger partial charge in [-0.05, 0) is 44.2 Å². The Kier molecular flexibility index (Phi) is 5.23. The van der Waals surface area contributed by atoms with Gasteiger partial charge < -0.3 is 9.64 Å². The Morgan fingerprint density at radius 1 is 1.10 bits per heavy atom. The minimum atomic E-state index is -0.0300. The van der Waals surface area contributed by atoms with Gasteiger partial charge in [0.1, 0.15) is 11.5 Å². The van der Waals surface area contributed by atoms with Gasteiger partial charge in [0.05, 0.1) is 5.56 Å². The number of hydrogen-bond acceptors (Lipinski definition) is 2. The lowest BCUT2D eigenvalue weighted by molar-refractivity contribution is 0.0770. The fourth-order valence-electron chi connectivity index (χ4n) is 2.07. The van der Waals surface area contributed by atoms with Gasteiger partial charge in [0.15, 0.2) is 0 Å². The molecule has 0 N–H and O–H groups in total. The molecule has 0 aromatic heterocycles. The Bertz CT molecular complexity index is 624. The third-order valence-corrected chi connectivity index (χ3v) is 3.43. The van der Waals surface area contributed by atoms with E-state index in [-0.39, 0.29) is 5.91 Å². The van der Waals surface area contributed by atoms with E-state index < -0.39 is 0 Å². The molecule has 1 amide bonds. The lowest BCUT2D eigenvalue weighted by Crippen LogP contribution is -2.30. The van der Waals surface area contributed by atoms with Crippen molar-refractivity contribution >= 4 is 17.5 Å². The van der Waals surface area contributed by atoms with E-state index in [1.165, 1.54) is 0 Å². The fraction of sp³-hybridized carbons (Fsp3) is 0.235. The summed E-state index contributed by atoms with van der Waals surface area (Å²) >= 11 is 5.95. The van der Waals surface area contributed by atoms with Crippen molar-refractivity contribution in [2.24, 2.45) is 0 Å². The third kappa shape index (κ3) is 3.76. The topological polar surface area (TPSA) is 29.5 Å². The van der Waals surface area contributed by atoms with Crippen LogP contribution in [0.1, 0.15) is 24.2 Å². The van der Waals surface area contributed by atoms with Gasteiger partial charge >= 0.3 is 0 Å². The molecule has 2 aromatic carbocycles. The number of halogens is 1. The molecule has 110 valence electrons. The highest BCUT2D eigenvalue weighted by atomic mass is 35.5. The summed E-state index contributed by atoms with van der Waals surface area (Å²) in [5.74, 6) is 1.12. The standard InChI is InChI=1S/C17H18ClNO2/c1-3-19(4-2)17(20)15-10-5-6-11-16(15)21-14-9-7-8-13(18)12-14/h5-12H,3-4H2,1-2H3. The Hall–Kier alpha value is -2.00. The zero-order valence-corrected chi connectivity index (χ0v) is 12.9. The summed E-state index contributed by atoms with van der Waals surface area (Å²) in [7, 11) is 0. The van der Waals surface area contributed by atoms with Gasteiger partial charge in [-0.15, -0.1) is 0 Å². The van der Waals surface area contributed by atoms with Crippen LogP contribution >= 0.6 is 11.6 Å². The SMILES string of the molecule is CCN(CC)C(=O)c1ccccc1Oc1cccc(Cl)c1. The van der Waals surface area contributed by atoms with Crippen LogP contribution in [0.4, 0.5) is 0 Å². The predicted octanol–water partition coefficient (Wildman–Crippen LogP) is 4.61. The van der Waals surface area contributed by atoms with E-state index in [0.717, 1.165) is 0 Å². The summed E-state index contributed by atoms with van der Waals surface area (Å²) in [6.45, 7) is 5.26. The zero-order chi connectivity index (χ0) is 15.2. The third-order valence-electron chi connectivity index (χ3n) is 3.19. The second-order valence-electron chi connectivity index (χ2n) is 4.53. The Morgan fingerprint density at radius 3 is 2.48 bits per heavy atom. The monoisotopic (exact) mass is 303 g/mol. The second-order valence-corrected chi connectivity index (χ2v) is 4.97. The molecule has 3 nitrogen and oxygen atoms in total. The van der Waals surface area contributed by atoms with Crippen molar-refractivity contribution in [1.29, 1.82) is 0 Å². The molecule has 0 aliphatic carbocycles. The summed E-state index contributed by atoms with van der Waals surface area (Å²) in [5.41, 5.74) is 0.557. The maximum Gasteiger partial charge on any atom is 0.257 e. The highest BCUT2D eigenvalue weighted by molar-refractivity contribution is 6.30. The van der Waals surface area contributed by atoms with Gasteiger partial charge in [-0.25, -0.2) is 0 Å². The van der Waals surface area contributed by atoms with Gasteiger partial charge in [0.2, 0.25) is 0 Å². The van der Waals surface area contributed by atoms with Gasteiger partial charge in [-0.2, -0.15) is 0 Å². The zero-order valence-electron chi connectivity index (χ0n) is 12.2. The van der Waals surface area contributed by atoms with Crippen LogP contribution in [0.5, 0.6) is 11.5 Å². The van der Waals surface area contributed by atoms with Crippen molar-refractivity contribution in [3.63, 3.8) is 0 Å². The van der Waals surface area contributed by atoms with E-state index in [1.807, 2.05) is 38.1 Å². The molecule has 0 aliphatic heterocycles.